The number of nitrogens with one attached hydrogen (secondary N) is 2. The highest BCUT2D eigenvalue weighted by Gasteiger charge is 2.18. The monoisotopic (exact) mass is 357 g/mol. The Labute approximate surface area is 146 Å². The first-order valence-corrected chi connectivity index (χ1v) is 9.15. The third-order valence-corrected chi connectivity index (χ3v) is 5.70. The van der Waals surface area contributed by atoms with Gasteiger partial charge in [0.2, 0.25) is 10.0 Å². The number of hydrogen-bond donors (Lipinski definition) is 2. The maximum atomic E-state index is 12.5. The van der Waals surface area contributed by atoms with Gasteiger partial charge in [-0.1, -0.05) is 18.2 Å². The molecule has 0 radical (unpaired) electrons. The van der Waals surface area contributed by atoms with E-state index in [2.05, 4.69) is 10.3 Å². The summed E-state index contributed by atoms with van der Waals surface area (Å²) < 4.78 is 25.5. The van der Waals surface area contributed by atoms with Gasteiger partial charge in [-0.15, -0.1) is 0 Å². The van der Waals surface area contributed by atoms with Crippen molar-refractivity contribution in [3.8, 4) is 0 Å². The van der Waals surface area contributed by atoms with Crippen LogP contribution in [0.3, 0.4) is 0 Å². The lowest BCUT2D eigenvalue weighted by molar-refractivity contribution is 0.102. The summed E-state index contributed by atoms with van der Waals surface area (Å²) in [5.74, 6) is -0.326. The van der Waals surface area contributed by atoms with E-state index in [1.54, 1.807) is 18.2 Å². The average Bonchev–Trinajstić information content (AvgIpc) is 2.98. The van der Waals surface area contributed by atoms with Gasteiger partial charge in [0.15, 0.2) is 0 Å². The standard InChI is InChI=1S/C18H19N3O3S/c1-12-7-8-13-10-17(20-16(13)9-12)18(22)19-14-5-4-6-15(11-14)25(23,24)21(2)3/h4-11,20H,1-3H3,(H,19,22). The molecule has 1 amide bonds. The van der Waals surface area contributed by atoms with Crippen LogP contribution in [0.2, 0.25) is 0 Å². The highest BCUT2D eigenvalue weighted by Crippen LogP contribution is 2.20. The lowest BCUT2D eigenvalue weighted by Crippen LogP contribution is -2.22. The Morgan fingerprint density at radius 2 is 1.84 bits per heavy atom. The van der Waals surface area contributed by atoms with Crippen LogP contribution in [0.15, 0.2) is 53.4 Å². The summed E-state index contributed by atoms with van der Waals surface area (Å²) in [6, 6.07) is 13.9. The second-order valence-corrected chi connectivity index (χ2v) is 8.19. The minimum Gasteiger partial charge on any atom is -0.351 e. The number of benzene rings is 2. The van der Waals surface area contributed by atoms with Crippen molar-refractivity contribution in [3.63, 3.8) is 0 Å². The molecule has 0 unspecified atom stereocenters. The van der Waals surface area contributed by atoms with E-state index in [1.165, 1.54) is 26.2 Å². The molecule has 0 aliphatic heterocycles. The van der Waals surface area contributed by atoms with E-state index in [-0.39, 0.29) is 10.8 Å². The summed E-state index contributed by atoms with van der Waals surface area (Å²) in [6.07, 6.45) is 0. The van der Waals surface area contributed by atoms with Crippen LogP contribution in [0.1, 0.15) is 16.1 Å². The van der Waals surface area contributed by atoms with E-state index in [9.17, 15) is 13.2 Å². The van der Waals surface area contributed by atoms with E-state index in [0.717, 1.165) is 20.8 Å². The molecular weight excluding hydrogens is 338 g/mol. The van der Waals surface area contributed by atoms with Gasteiger partial charge in [0.1, 0.15) is 5.69 Å². The summed E-state index contributed by atoms with van der Waals surface area (Å²) in [5, 5.41) is 3.68. The fraction of sp³-hybridized carbons (Fsp3) is 0.167. The van der Waals surface area contributed by atoms with Crippen molar-refractivity contribution >= 4 is 32.5 Å². The van der Waals surface area contributed by atoms with Crippen LogP contribution in [-0.2, 0) is 10.0 Å². The van der Waals surface area contributed by atoms with Crippen molar-refractivity contribution in [2.75, 3.05) is 19.4 Å². The quantitative estimate of drug-likeness (QED) is 0.753. The molecule has 2 aromatic carbocycles. The Morgan fingerprint density at radius 1 is 1.08 bits per heavy atom. The second-order valence-electron chi connectivity index (χ2n) is 6.04. The minimum atomic E-state index is -3.55. The summed E-state index contributed by atoms with van der Waals surface area (Å²) in [5.41, 5.74) is 2.82. The fourth-order valence-electron chi connectivity index (χ4n) is 2.51. The van der Waals surface area contributed by atoms with E-state index < -0.39 is 10.0 Å². The maximum absolute atomic E-state index is 12.5. The molecule has 0 aliphatic rings. The number of aromatic amines is 1. The highest BCUT2D eigenvalue weighted by atomic mass is 32.2. The number of nitrogens with zero attached hydrogens (tertiary/aromatic N) is 1. The third kappa shape index (κ3) is 3.42. The molecule has 7 heteroatoms. The van der Waals surface area contributed by atoms with E-state index in [0.29, 0.717) is 11.4 Å². The number of H-pyrrole nitrogens is 1. The molecule has 6 nitrogen and oxygen atoms in total. The van der Waals surface area contributed by atoms with Crippen LogP contribution in [0.4, 0.5) is 5.69 Å². The van der Waals surface area contributed by atoms with E-state index >= 15 is 0 Å². The Morgan fingerprint density at radius 3 is 2.56 bits per heavy atom. The molecule has 3 rings (SSSR count). The van der Waals surface area contributed by atoms with Gasteiger partial charge in [-0.2, -0.15) is 0 Å². The van der Waals surface area contributed by atoms with Crippen molar-refractivity contribution in [1.82, 2.24) is 9.29 Å². The largest absolute Gasteiger partial charge is 0.351 e. The molecular formula is C18H19N3O3S. The summed E-state index contributed by atoms with van der Waals surface area (Å²) >= 11 is 0. The Balaban J connectivity index is 1.87. The lowest BCUT2D eigenvalue weighted by atomic mass is 10.2. The summed E-state index contributed by atoms with van der Waals surface area (Å²) in [6.45, 7) is 1.98. The minimum absolute atomic E-state index is 0.127. The fourth-order valence-corrected chi connectivity index (χ4v) is 3.45. The molecule has 2 N–H and O–H groups in total. The molecule has 0 saturated carbocycles. The van der Waals surface area contributed by atoms with Gasteiger partial charge < -0.3 is 10.3 Å². The van der Waals surface area contributed by atoms with E-state index in [4.69, 9.17) is 0 Å². The van der Waals surface area contributed by atoms with Gasteiger partial charge >= 0.3 is 0 Å². The first-order valence-electron chi connectivity index (χ1n) is 7.71. The first-order chi connectivity index (χ1) is 11.8. The molecule has 0 spiro atoms. The molecule has 0 bridgehead atoms. The average molecular weight is 357 g/mol. The van der Waals surface area contributed by atoms with Gasteiger partial charge in [0.25, 0.3) is 5.91 Å². The maximum Gasteiger partial charge on any atom is 0.272 e. The van der Waals surface area contributed by atoms with Crippen LogP contribution in [0.5, 0.6) is 0 Å². The van der Waals surface area contributed by atoms with Crippen molar-refractivity contribution in [1.29, 1.82) is 0 Å². The molecule has 0 saturated heterocycles. The lowest BCUT2D eigenvalue weighted by Gasteiger charge is -2.12. The number of fused-ring (bicyclic) bond motifs is 1. The Hall–Kier alpha value is -2.64. The van der Waals surface area contributed by atoms with Crippen LogP contribution in [-0.4, -0.2) is 37.7 Å². The van der Waals surface area contributed by atoms with Gasteiger partial charge in [-0.3, -0.25) is 4.79 Å². The molecule has 1 heterocycles. The zero-order valence-corrected chi connectivity index (χ0v) is 15.0. The molecule has 1 aromatic heterocycles. The van der Waals surface area contributed by atoms with Crippen molar-refractivity contribution in [3.05, 3.63) is 59.8 Å². The van der Waals surface area contributed by atoms with Crippen LogP contribution >= 0.6 is 0 Å². The smallest absolute Gasteiger partial charge is 0.272 e. The number of sulfonamides is 1. The number of carbonyl (C=O) groups excluding carboxylic acids is 1. The van der Waals surface area contributed by atoms with Crippen LogP contribution in [0, 0.1) is 6.92 Å². The van der Waals surface area contributed by atoms with Crippen molar-refractivity contribution in [2.45, 2.75) is 11.8 Å². The number of anilines is 1. The van der Waals surface area contributed by atoms with Gasteiger partial charge in [-0.05, 0) is 42.8 Å². The summed E-state index contributed by atoms with van der Waals surface area (Å²) in [4.78, 5) is 15.7. The Kier molecular flexibility index (Phi) is 4.36. The molecule has 0 aliphatic carbocycles. The second kappa shape index (κ2) is 6.34. The number of rotatable bonds is 4. The molecule has 3 aromatic rings. The van der Waals surface area contributed by atoms with Crippen molar-refractivity contribution in [2.24, 2.45) is 0 Å². The third-order valence-electron chi connectivity index (χ3n) is 3.89. The topological polar surface area (TPSA) is 82.3 Å². The highest BCUT2D eigenvalue weighted by molar-refractivity contribution is 7.89. The first kappa shape index (κ1) is 17.2. The normalized spacial score (nSPS) is 11.8. The SMILES string of the molecule is Cc1ccc2cc(C(=O)Nc3cccc(S(=O)(=O)N(C)C)c3)[nH]c2c1. The number of carbonyl (C=O) groups is 1. The van der Waals surface area contributed by atoms with Crippen molar-refractivity contribution < 1.29 is 13.2 Å². The number of hydrogen-bond acceptors (Lipinski definition) is 3. The zero-order chi connectivity index (χ0) is 18.2. The summed E-state index contributed by atoms with van der Waals surface area (Å²) in [7, 11) is -0.620. The predicted molar refractivity (Wildman–Crippen MR) is 98.3 cm³/mol. The number of amides is 1. The number of aryl methyl sites for hydroxylation is 1. The van der Waals surface area contributed by atoms with Gasteiger partial charge in [0, 0.05) is 30.7 Å². The van der Waals surface area contributed by atoms with Crippen LogP contribution in [0.25, 0.3) is 10.9 Å². The molecule has 130 valence electrons. The Bertz CT molecular complexity index is 1050. The molecule has 0 atom stereocenters. The predicted octanol–water partition coefficient (Wildman–Crippen LogP) is 2.98. The number of aromatic nitrogens is 1. The molecule has 25 heavy (non-hydrogen) atoms. The van der Waals surface area contributed by atoms with Gasteiger partial charge in [0.05, 0.1) is 4.90 Å². The van der Waals surface area contributed by atoms with Crippen LogP contribution < -0.4 is 5.32 Å². The van der Waals surface area contributed by atoms with Gasteiger partial charge in [-0.25, -0.2) is 12.7 Å². The van der Waals surface area contributed by atoms with E-state index in [1.807, 2.05) is 25.1 Å². The molecule has 0 fully saturated rings. The zero-order valence-electron chi connectivity index (χ0n) is 14.2.